The third-order valence-electron chi connectivity index (χ3n) is 4.02. The van der Waals surface area contributed by atoms with Gasteiger partial charge in [0, 0.05) is 17.0 Å². The molecule has 0 amide bonds. The van der Waals surface area contributed by atoms with Crippen LogP contribution >= 0.6 is 23.4 Å². The van der Waals surface area contributed by atoms with Gasteiger partial charge in [-0.15, -0.1) is 10.2 Å². The maximum atomic E-state index is 6.61. The number of hydrogen-bond donors (Lipinski definition) is 0. The fourth-order valence-corrected chi connectivity index (χ4v) is 4.09. The predicted molar refractivity (Wildman–Crippen MR) is 104 cm³/mol. The molecular formula is C19H16ClN5S. The highest BCUT2D eigenvalue weighted by Gasteiger charge is 2.16. The monoisotopic (exact) mass is 381 g/mol. The summed E-state index contributed by atoms with van der Waals surface area (Å²) in [6, 6.07) is 19.9. The lowest BCUT2D eigenvalue weighted by Crippen LogP contribution is -1.96. The van der Waals surface area contributed by atoms with E-state index in [0.717, 1.165) is 27.8 Å². The average Bonchev–Trinajstić information content (AvgIpc) is 3.26. The van der Waals surface area contributed by atoms with Crippen molar-refractivity contribution in [1.82, 2.24) is 24.5 Å². The average molecular weight is 382 g/mol. The van der Waals surface area contributed by atoms with Gasteiger partial charge in [-0.2, -0.15) is 5.10 Å². The van der Waals surface area contributed by atoms with Crippen LogP contribution in [0.25, 0.3) is 11.4 Å². The molecule has 0 aliphatic carbocycles. The number of para-hydroxylation sites is 2. The fourth-order valence-electron chi connectivity index (χ4n) is 2.66. The largest absolute Gasteiger partial charge is 0.277 e. The summed E-state index contributed by atoms with van der Waals surface area (Å²) in [5, 5.41) is 14.3. The van der Waals surface area contributed by atoms with Gasteiger partial charge in [-0.1, -0.05) is 59.8 Å². The van der Waals surface area contributed by atoms with E-state index in [4.69, 9.17) is 11.6 Å². The topological polar surface area (TPSA) is 48.5 Å². The van der Waals surface area contributed by atoms with Crippen molar-refractivity contribution in [3.63, 3.8) is 0 Å². The van der Waals surface area contributed by atoms with E-state index >= 15 is 0 Å². The molecule has 0 N–H and O–H groups in total. The van der Waals surface area contributed by atoms with Crippen molar-refractivity contribution in [3.05, 3.63) is 83.4 Å². The van der Waals surface area contributed by atoms with Gasteiger partial charge in [0.15, 0.2) is 5.16 Å². The molecule has 0 fully saturated rings. The Morgan fingerprint density at radius 1 is 0.962 bits per heavy atom. The van der Waals surface area contributed by atoms with Gasteiger partial charge in [0.1, 0.15) is 11.5 Å². The zero-order chi connectivity index (χ0) is 17.9. The Labute approximate surface area is 160 Å². The van der Waals surface area contributed by atoms with Gasteiger partial charge in [-0.25, -0.2) is 4.68 Å². The molecule has 0 unspecified atom stereocenters. The van der Waals surface area contributed by atoms with Gasteiger partial charge >= 0.3 is 0 Å². The normalized spacial score (nSPS) is 11.0. The fraction of sp³-hybridized carbons (Fsp3) is 0.105. The Bertz CT molecular complexity index is 1010. The quantitative estimate of drug-likeness (QED) is 0.470. The zero-order valence-electron chi connectivity index (χ0n) is 14.1. The molecule has 0 aliphatic rings. The van der Waals surface area contributed by atoms with Crippen LogP contribution < -0.4 is 0 Å². The smallest absolute Gasteiger partial charge is 0.195 e. The van der Waals surface area contributed by atoms with Crippen molar-refractivity contribution in [2.45, 2.75) is 17.8 Å². The molecule has 2 aromatic carbocycles. The van der Waals surface area contributed by atoms with Crippen LogP contribution in [0.1, 0.15) is 11.3 Å². The van der Waals surface area contributed by atoms with Crippen molar-refractivity contribution in [2.75, 3.05) is 0 Å². The number of hydrogen-bond acceptors (Lipinski definition) is 4. The highest BCUT2D eigenvalue weighted by atomic mass is 35.5. The molecule has 130 valence electrons. The Kier molecular flexibility index (Phi) is 4.77. The van der Waals surface area contributed by atoms with E-state index in [-0.39, 0.29) is 0 Å². The molecule has 0 saturated heterocycles. The van der Waals surface area contributed by atoms with E-state index in [0.29, 0.717) is 10.9 Å². The van der Waals surface area contributed by atoms with Crippen LogP contribution in [0.15, 0.2) is 72.1 Å². The lowest BCUT2D eigenvalue weighted by Gasteiger charge is -2.06. The number of rotatable bonds is 5. The Morgan fingerprint density at radius 2 is 1.62 bits per heavy atom. The predicted octanol–water partition coefficient (Wildman–Crippen LogP) is 4.71. The third kappa shape index (κ3) is 3.25. The number of nitrogens with zero attached hydrogens (tertiary/aromatic N) is 5. The summed E-state index contributed by atoms with van der Waals surface area (Å²) in [5.41, 5.74) is 3.90. The highest BCUT2D eigenvalue weighted by molar-refractivity contribution is 7.98. The summed E-state index contributed by atoms with van der Waals surface area (Å²) in [7, 11) is 0. The Morgan fingerprint density at radius 3 is 2.31 bits per heavy atom. The van der Waals surface area contributed by atoms with Crippen LogP contribution in [0, 0.1) is 6.92 Å². The van der Waals surface area contributed by atoms with Gasteiger partial charge in [-0.05, 0) is 31.2 Å². The van der Waals surface area contributed by atoms with Crippen LogP contribution in [0.3, 0.4) is 0 Å². The second kappa shape index (κ2) is 7.35. The Hall–Kier alpha value is -2.57. The first-order valence-electron chi connectivity index (χ1n) is 8.11. The standard InChI is InChI=1S/C19H16ClN5S/c1-14-17(18(20)25(23-14)16-10-6-3-7-11-16)12-26-19-22-21-13-24(19)15-8-4-2-5-9-15/h2-11,13H,12H2,1H3. The van der Waals surface area contributed by atoms with E-state index in [1.807, 2.05) is 72.2 Å². The molecule has 0 saturated carbocycles. The zero-order valence-corrected chi connectivity index (χ0v) is 15.7. The molecule has 0 aliphatic heterocycles. The van der Waals surface area contributed by atoms with Crippen LogP contribution in [-0.4, -0.2) is 24.5 Å². The Balaban J connectivity index is 1.59. The second-order valence-corrected chi connectivity index (χ2v) is 7.01. The summed E-state index contributed by atoms with van der Waals surface area (Å²) < 4.78 is 3.74. The number of aromatic nitrogens is 5. The number of thioether (sulfide) groups is 1. The molecule has 2 aromatic heterocycles. The van der Waals surface area contributed by atoms with Crippen LogP contribution in [-0.2, 0) is 5.75 Å². The van der Waals surface area contributed by atoms with E-state index in [9.17, 15) is 0 Å². The van der Waals surface area contributed by atoms with Gasteiger partial charge in [0.2, 0.25) is 0 Å². The lowest BCUT2D eigenvalue weighted by molar-refractivity contribution is 0.863. The summed E-state index contributed by atoms with van der Waals surface area (Å²) in [6.07, 6.45) is 1.72. The van der Waals surface area contributed by atoms with Crippen LogP contribution in [0.2, 0.25) is 5.15 Å². The van der Waals surface area contributed by atoms with Crippen molar-refractivity contribution >= 4 is 23.4 Å². The lowest BCUT2D eigenvalue weighted by atomic mass is 10.3. The number of aryl methyl sites for hydroxylation is 1. The van der Waals surface area contributed by atoms with E-state index in [1.54, 1.807) is 22.8 Å². The maximum Gasteiger partial charge on any atom is 0.195 e. The van der Waals surface area contributed by atoms with Crippen LogP contribution in [0.5, 0.6) is 0 Å². The van der Waals surface area contributed by atoms with E-state index in [1.165, 1.54) is 0 Å². The molecule has 4 rings (SSSR count). The molecule has 26 heavy (non-hydrogen) atoms. The molecule has 0 bridgehead atoms. The molecule has 2 heterocycles. The molecule has 5 nitrogen and oxygen atoms in total. The minimum absolute atomic E-state index is 0.631. The molecule has 4 aromatic rings. The molecular weight excluding hydrogens is 366 g/mol. The SMILES string of the molecule is Cc1nn(-c2ccccc2)c(Cl)c1CSc1nncn1-c1ccccc1. The first-order valence-corrected chi connectivity index (χ1v) is 9.48. The number of halogens is 1. The summed E-state index contributed by atoms with van der Waals surface area (Å²) in [5.74, 6) is 0.670. The first kappa shape index (κ1) is 16.9. The summed E-state index contributed by atoms with van der Waals surface area (Å²) in [6.45, 7) is 1.98. The van der Waals surface area contributed by atoms with Crippen molar-refractivity contribution in [3.8, 4) is 11.4 Å². The number of benzene rings is 2. The molecule has 7 heteroatoms. The van der Waals surface area contributed by atoms with Crippen molar-refractivity contribution < 1.29 is 0 Å². The maximum absolute atomic E-state index is 6.61. The van der Waals surface area contributed by atoms with Gasteiger partial charge in [-0.3, -0.25) is 4.57 Å². The van der Waals surface area contributed by atoms with Gasteiger partial charge in [0.05, 0.1) is 11.4 Å². The molecule has 0 radical (unpaired) electrons. The minimum Gasteiger partial charge on any atom is -0.277 e. The van der Waals surface area contributed by atoms with Gasteiger partial charge < -0.3 is 0 Å². The third-order valence-corrected chi connectivity index (χ3v) is 5.38. The van der Waals surface area contributed by atoms with E-state index < -0.39 is 0 Å². The second-order valence-electron chi connectivity index (χ2n) is 5.71. The molecule has 0 atom stereocenters. The van der Waals surface area contributed by atoms with E-state index in [2.05, 4.69) is 15.3 Å². The first-order chi connectivity index (χ1) is 12.7. The van der Waals surface area contributed by atoms with Crippen molar-refractivity contribution in [1.29, 1.82) is 0 Å². The summed E-state index contributed by atoms with van der Waals surface area (Å²) >= 11 is 8.20. The minimum atomic E-state index is 0.631. The summed E-state index contributed by atoms with van der Waals surface area (Å²) in [4.78, 5) is 0. The highest BCUT2D eigenvalue weighted by Crippen LogP contribution is 2.30. The van der Waals surface area contributed by atoms with Crippen molar-refractivity contribution in [2.24, 2.45) is 0 Å². The van der Waals surface area contributed by atoms with Crippen LogP contribution in [0.4, 0.5) is 0 Å². The molecule has 0 spiro atoms. The van der Waals surface area contributed by atoms with Gasteiger partial charge in [0.25, 0.3) is 0 Å².